The Labute approximate surface area is 221 Å². The van der Waals surface area contributed by atoms with E-state index in [1.807, 2.05) is 67.8 Å². The Hall–Kier alpha value is -4.31. The summed E-state index contributed by atoms with van der Waals surface area (Å²) in [5.74, 6) is 0.746. The fraction of sp³-hybridized carbons (Fsp3) is 0.214. The first-order valence-electron chi connectivity index (χ1n) is 12.3. The number of carbonyl (C=O) groups is 1. The first kappa shape index (κ1) is 25.3. The van der Waals surface area contributed by atoms with Gasteiger partial charge in [-0.2, -0.15) is 0 Å². The van der Waals surface area contributed by atoms with Gasteiger partial charge in [0.15, 0.2) is 11.5 Å². The Morgan fingerprint density at radius 3 is 2.42 bits per heavy atom. The SMILES string of the molecule is Cc1ccc(S(=O)(=O)NC(=O)NCCc2ccc(-n3c(C4=NCC=C4)nc4c(C)cc(C)nc43)cc2)cc1. The molecule has 38 heavy (non-hydrogen) atoms. The van der Waals surface area contributed by atoms with Crippen LogP contribution in [0.3, 0.4) is 0 Å². The lowest BCUT2D eigenvalue weighted by molar-refractivity contribution is 0.246. The van der Waals surface area contributed by atoms with Gasteiger partial charge in [-0.1, -0.05) is 35.9 Å². The van der Waals surface area contributed by atoms with Crippen molar-refractivity contribution in [2.45, 2.75) is 32.1 Å². The van der Waals surface area contributed by atoms with Crippen molar-refractivity contribution < 1.29 is 13.2 Å². The number of aryl methyl sites for hydroxylation is 3. The molecule has 2 aromatic heterocycles. The summed E-state index contributed by atoms with van der Waals surface area (Å²) in [6, 6.07) is 15.5. The number of imidazole rings is 1. The second-order valence-electron chi connectivity index (χ2n) is 9.24. The number of rotatable bonds is 7. The number of urea groups is 1. The summed E-state index contributed by atoms with van der Waals surface area (Å²) >= 11 is 0. The maximum Gasteiger partial charge on any atom is 0.328 e. The molecule has 2 amide bonds. The van der Waals surface area contributed by atoms with Crippen molar-refractivity contribution in [1.82, 2.24) is 24.6 Å². The fourth-order valence-corrected chi connectivity index (χ4v) is 5.29. The van der Waals surface area contributed by atoms with E-state index < -0.39 is 16.1 Å². The Bertz CT molecular complexity index is 1690. The van der Waals surface area contributed by atoms with Crippen LogP contribution in [0.5, 0.6) is 0 Å². The highest BCUT2D eigenvalue weighted by atomic mass is 32.2. The normalized spacial score (nSPS) is 13.1. The Balaban J connectivity index is 1.29. The molecule has 0 saturated heterocycles. The molecule has 4 aromatic rings. The van der Waals surface area contributed by atoms with Crippen molar-refractivity contribution in [2.24, 2.45) is 4.99 Å². The predicted molar refractivity (Wildman–Crippen MR) is 147 cm³/mol. The number of nitrogens with one attached hydrogen (secondary N) is 2. The molecular weight excluding hydrogens is 500 g/mol. The lowest BCUT2D eigenvalue weighted by Crippen LogP contribution is -2.40. The molecule has 10 heteroatoms. The van der Waals surface area contributed by atoms with Gasteiger partial charge in [0, 0.05) is 17.9 Å². The summed E-state index contributed by atoms with van der Waals surface area (Å²) < 4.78 is 28.9. The molecule has 0 atom stereocenters. The molecule has 0 aliphatic carbocycles. The fourth-order valence-electron chi connectivity index (χ4n) is 4.36. The lowest BCUT2D eigenvalue weighted by atomic mass is 10.1. The van der Waals surface area contributed by atoms with Crippen LogP contribution in [0.4, 0.5) is 4.79 Å². The molecule has 2 aromatic carbocycles. The van der Waals surface area contributed by atoms with Crippen molar-refractivity contribution in [1.29, 1.82) is 0 Å². The van der Waals surface area contributed by atoms with Crippen LogP contribution in [-0.2, 0) is 16.4 Å². The Kier molecular flexibility index (Phi) is 6.81. The number of hydrogen-bond donors (Lipinski definition) is 2. The van der Waals surface area contributed by atoms with E-state index >= 15 is 0 Å². The first-order valence-corrected chi connectivity index (χ1v) is 13.7. The maximum absolute atomic E-state index is 12.4. The van der Waals surface area contributed by atoms with E-state index in [9.17, 15) is 13.2 Å². The van der Waals surface area contributed by atoms with Crippen LogP contribution >= 0.6 is 0 Å². The number of nitrogens with zero attached hydrogens (tertiary/aromatic N) is 4. The van der Waals surface area contributed by atoms with Crippen molar-refractivity contribution in [3.8, 4) is 5.69 Å². The van der Waals surface area contributed by atoms with Crippen molar-refractivity contribution in [2.75, 3.05) is 13.1 Å². The second-order valence-corrected chi connectivity index (χ2v) is 10.9. The van der Waals surface area contributed by atoms with Gasteiger partial charge in [-0.15, -0.1) is 0 Å². The summed E-state index contributed by atoms with van der Waals surface area (Å²) in [5.41, 5.74) is 7.23. The van der Waals surface area contributed by atoms with Crippen LogP contribution in [-0.4, -0.2) is 47.8 Å². The zero-order valence-electron chi connectivity index (χ0n) is 21.4. The van der Waals surface area contributed by atoms with Crippen LogP contribution in [0.15, 0.2) is 76.6 Å². The van der Waals surface area contributed by atoms with Crippen LogP contribution in [0.1, 0.15) is 28.2 Å². The molecule has 9 nitrogen and oxygen atoms in total. The number of pyridine rings is 1. The number of aromatic nitrogens is 3. The quantitative estimate of drug-likeness (QED) is 0.377. The van der Waals surface area contributed by atoms with E-state index in [0.717, 1.165) is 50.8 Å². The Morgan fingerprint density at radius 1 is 1.00 bits per heavy atom. The number of allylic oxidation sites excluding steroid dienone is 1. The average Bonchev–Trinajstić information content (AvgIpc) is 3.53. The van der Waals surface area contributed by atoms with Crippen molar-refractivity contribution in [3.05, 3.63) is 95.0 Å². The molecule has 0 unspecified atom stereocenters. The molecular formula is C28H28N6O3S. The number of carbonyl (C=O) groups excluding carboxylic acids is 1. The van der Waals surface area contributed by atoms with Gasteiger partial charge < -0.3 is 5.32 Å². The highest BCUT2D eigenvalue weighted by Crippen LogP contribution is 2.25. The summed E-state index contributed by atoms with van der Waals surface area (Å²) in [5, 5.41) is 2.62. The third-order valence-corrected chi connectivity index (χ3v) is 7.61. The average molecular weight is 529 g/mol. The van der Waals surface area contributed by atoms with E-state index in [0.29, 0.717) is 13.0 Å². The van der Waals surface area contributed by atoms with E-state index in [-0.39, 0.29) is 11.4 Å². The largest absolute Gasteiger partial charge is 0.337 e. The van der Waals surface area contributed by atoms with Gasteiger partial charge in [0.25, 0.3) is 10.0 Å². The molecule has 3 heterocycles. The molecule has 1 aliphatic rings. The number of hydrogen-bond acceptors (Lipinski definition) is 6. The van der Waals surface area contributed by atoms with Gasteiger partial charge in [-0.05, 0) is 74.7 Å². The van der Waals surface area contributed by atoms with Crippen LogP contribution in [0.25, 0.3) is 16.9 Å². The summed E-state index contributed by atoms with van der Waals surface area (Å²) in [4.78, 5) is 26.5. The standard InChI is InChI=1S/C28H28N6O3S/c1-18-6-12-23(13-7-18)38(36,37)33-28(35)30-16-14-21-8-10-22(11-9-21)34-26(24-5-4-15-29-24)32-25-19(2)17-20(3)31-27(25)34/h4-13,17H,14-16H2,1-3H3,(H2,30,33,35). The topological polar surface area (TPSA) is 118 Å². The third-order valence-electron chi connectivity index (χ3n) is 6.26. The maximum atomic E-state index is 12.4. The van der Waals surface area contributed by atoms with E-state index in [4.69, 9.17) is 9.97 Å². The van der Waals surface area contributed by atoms with Gasteiger partial charge >= 0.3 is 6.03 Å². The van der Waals surface area contributed by atoms with E-state index in [1.165, 1.54) is 12.1 Å². The van der Waals surface area contributed by atoms with Gasteiger partial charge in [-0.25, -0.2) is 27.9 Å². The molecule has 194 valence electrons. The van der Waals surface area contributed by atoms with Crippen molar-refractivity contribution >= 4 is 32.9 Å². The predicted octanol–water partition coefficient (Wildman–Crippen LogP) is 3.94. The summed E-state index contributed by atoms with van der Waals surface area (Å²) in [6.45, 7) is 6.77. The molecule has 1 aliphatic heterocycles. The van der Waals surface area contributed by atoms with Gasteiger partial charge in [0.2, 0.25) is 0 Å². The first-order chi connectivity index (χ1) is 18.2. The highest BCUT2D eigenvalue weighted by Gasteiger charge is 2.20. The minimum atomic E-state index is -3.93. The van der Waals surface area contributed by atoms with Crippen LogP contribution in [0.2, 0.25) is 0 Å². The number of benzene rings is 2. The highest BCUT2D eigenvalue weighted by molar-refractivity contribution is 7.90. The third kappa shape index (κ3) is 5.21. The molecule has 5 rings (SSSR count). The molecule has 2 N–H and O–H groups in total. The number of aliphatic imine (C=N–C) groups is 1. The summed E-state index contributed by atoms with van der Waals surface area (Å²) in [6.07, 6.45) is 4.51. The zero-order chi connectivity index (χ0) is 26.9. The van der Waals surface area contributed by atoms with Gasteiger partial charge in [0.05, 0.1) is 11.4 Å². The van der Waals surface area contributed by atoms with Crippen molar-refractivity contribution in [3.63, 3.8) is 0 Å². The minimum Gasteiger partial charge on any atom is -0.337 e. The van der Waals surface area contributed by atoms with E-state index in [1.54, 1.807) is 12.1 Å². The number of sulfonamides is 1. The molecule has 0 bridgehead atoms. The van der Waals surface area contributed by atoms with Crippen LogP contribution < -0.4 is 10.0 Å². The molecule has 0 saturated carbocycles. The molecule has 0 fully saturated rings. The van der Waals surface area contributed by atoms with Gasteiger partial charge in [-0.3, -0.25) is 9.56 Å². The molecule has 0 spiro atoms. The Morgan fingerprint density at radius 2 is 1.74 bits per heavy atom. The molecule has 0 radical (unpaired) electrons. The number of fused-ring (bicyclic) bond motifs is 1. The zero-order valence-corrected chi connectivity index (χ0v) is 22.2. The second kappa shape index (κ2) is 10.2. The van der Waals surface area contributed by atoms with Crippen LogP contribution in [0, 0.1) is 20.8 Å². The number of amides is 2. The summed E-state index contributed by atoms with van der Waals surface area (Å²) in [7, 11) is -3.93. The van der Waals surface area contributed by atoms with E-state index in [2.05, 4.69) is 15.0 Å². The lowest BCUT2D eigenvalue weighted by Gasteiger charge is -2.11. The van der Waals surface area contributed by atoms with Gasteiger partial charge in [0.1, 0.15) is 11.2 Å². The smallest absolute Gasteiger partial charge is 0.328 e. The monoisotopic (exact) mass is 528 g/mol. The minimum absolute atomic E-state index is 0.0409.